The molecule has 0 fully saturated rings. The zero-order chi connectivity index (χ0) is 7.56. The van der Waals surface area contributed by atoms with Gasteiger partial charge in [-0.15, -0.1) is 0 Å². The topological polar surface area (TPSA) is 72.3 Å². The molecule has 3 nitrogen and oxygen atoms in total. The minimum atomic E-state index is -2.17. The van der Waals surface area contributed by atoms with Gasteiger partial charge in [0.05, 0.1) is 0 Å². The number of hydrogen-bond acceptors (Lipinski definition) is 2. The van der Waals surface area contributed by atoms with Crippen molar-refractivity contribution in [1.82, 2.24) is 6.15 Å². The molecule has 1 aromatic rings. The fourth-order valence-electron chi connectivity index (χ4n) is 0.778. The molecule has 0 aliphatic carbocycles. The normalized spacial score (nSPS) is 10.2. The van der Waals surface area contributed by atoms with Crippen molar-refractivity contribution in [3.05, 3.63) is 29.8 Å². The van der Waals surface area contributed by atoms with Crippen LogP contribution >= 0.6 is 8.03 Å². The van der Waals surface area contributed by atoms with E-state index in [1.165, 1.54) is 0 Å². The van der Waals surface area contributed by atoms with E-state index in [9.17, 15) is 4.57 Å². The zero-order valence-corrected chi connectivity index (χ0v) is 7.21. The highest BCUT2D eigenvalue weighted by molar-refractivity contribution is 7.47. The first kappa shape index (κ1) is 10.2. The van der Waals surface area contributed by atoms with E-state index in [2.05, 4.69) is 0 Å². The summed E-state index contributed by atoms with van der Waals surface area (Å²) in [6.45, 7) is 1.82. The summed E-state index contributed by atoms with van der Waals surface area (Å²) in [6, 6.07) is 7.08. The lowest BCUT2D eigenvalue weighted by Crippen LogP contribution is -1.99. The molecule has 0 aromatic heterocycles. The lowest BCUT2D eigenvalue weighted by molar-refractivity contribution is 0.513. The highest BCUT2D eigenvalue weighted by Crippen LogP contribution is 2.14. The molecule has 0 amide bonds. The van der Waals surface area contributed by atoms with E-state index >= 15 is 0 Å². The second kappa shape index (κ2) is 4.19. The van der Waals surface area contributed by atoms with Gasteiger partial charge < -0.3 is 6.15 Å². The summed E-state index contributed by atoms with van der Waals surface area (Å²) in [5.41, 5.74) is 0.867. The molecule has 0 saturated heterocycles. The van der Waals surface area contributed by atoms with Crippen LogP contribution in [0.15, 0.2) is 24.3 Å². The van der Waals surface area contributed by atoms with Gasteiger partial charge in [-0.05, 0) is 17.6 Å². The molecule has 4 N–H and O–H groups in total. The molecule has 0 saturated carbocycles. The Bertz CT molecular complexity index is 262. The second-order valence-electron chi connectivity index (χ2n) is 2.06. The fraction of sp³-hybridized carbons (Fsp3) is 0.143. The van der Waals surface area contributed by atoms with Crippen LogP contribution in [0.3, 0.4) is 0 Å². The zero-order valence-electron chi connectivity index (χ0n) is 6.32. The van der Waals surface area contributed by atoms with Gasteiger partial charge in [0, 0.05) is 5.56 Å². The highest BCUT2D eigenvalue weighted by atomic mass is 31.1. The number of benzene rings is 1. The van der Waals surface area contributed by atoms with E-state index in [0.29, 0.717) is 5.30 Å². The van der Waals surface area contributed by atoms with Crippen LogP contribution in [0.25, 0.3) is 0 Å². The first-order valence-electron chi connectivity index (χ1n) is 2.93. The van der Waals surface area contributed by atoms with Gasteiger partial charge in [0.25, 0.3) is 0 Å². The molecule has 4 heteroatoms. The summed E-state index contributed by atoms with van der Waals surface area (Å²) in [7, 11) is -2.17. The Kier molecular flexibility index (Phi) is 3.90. The SMILES string of the molecule is Cc1ccccc1[P+](=O)O.N. The molecule has 0 heterocycles. The lowest BCUT2D eigenvalue weighted by atomic mass is 10.2. The van der Waals surface area contributed by atoms with E-state index in [-0.39, 0.29) is 6.15 Å². The number of rotatable bonds is 1. The molecule has 1 aromatic carbocycles. The Morgan fingerprint density at radius 3 is 2.27 bits per heavy atom. The van der Waals surface area contributed by atoms with Gasteiger partial charge in [-0.25, -0.2) is 0 Å². The van der Waals surface area contributed by atoms with Gasteiger partial charge in [-0.3, -0.25) is 0 Å². The number of aryl methyl sites for hydroxylation is 1. The highest BCUT2D eigenvalue weighted by Gasteiger charge is 2.17. The first-order chi connectivity index (χ1) is 4.72. The summed E-state index contributed by atoms with van der Waals surface area (Å²) < 4.78 is 10.6. The Morgan fingerprint density at radius 1 is 1.36 bits per heavy atom. The Labute approximate surface area is 66.5 Å². The van der Waals surface area contributed by atoms with E-state index in [1.807, 2.05) is 19.1 Å². The molecule has 1 unspecified atom stereocenters. The molecule has 0 aliphatic rings. The molecule has 0 radical (unpaired) electrons. The van der Waals surface area contributed by atoms with Crippen LogP contribution in [0.4, 0.5) is 0 Å². The maximum absolute atomic E-state index is 10.6. The van der Waals surface area contributed by atoms with Gasteiger partial charge in [-0.2, -0.15) is 4.89 Å². The molecule has 0 spiro atoms. The van der Waals surface area contributed by atoms with Crippen LogP contribution < -0.4 is 11.5 Å². The third-order valence-electron chi connectivity index (χ3n) is 1.32. The first-order valence-corrected chi connectivity index (χ1v) is 4.15. The third-order valence-corrected chi connectivity index (χ3v) is 2.24. The Morgan fingerprint density at radius 2 is 1.91 bits per heavy atom. The van der Waals surface area contributed by atoms with Crippen molar-refractivity contribution in [3.8, 4) is 0 Å². The minimum absolute atomic E-state index is 0. The molecular formula is C7H11NO2P+. The lowest BCUT2D eigenvalue weighted by Gasteiger charge is -1.87. The maximum Gasteiger partial charge on any atom is 0.546 e. The molecule has 0 bridgehead atoms. The molecule has 1 rings (SSSR count). The van der Waals surface area contributed by atoms with Gasteiger partial charge in [-0.1, -0.05) is 18.2 Å². The molecule has 0 aliphatic heterocycles. The van der Waals surface area contributed by atoms with Crippen LogP contribution in [0.5, 0.6) is 0 Å². The summed E-state index contributed by atoms with van der Waals surface area (Å²) in [5.74, 6) is 0. The monoisotopic (exact) mass is 172 g/mol. The van der Waals surface area contributed by atoms with E-state index in [0.717, 1.165) is 5.56 Å². The Hall–Kier alpha value is -0.760. The predicted octanol–water partition coefficient (Wildman–Crippen LogP) is 1.52. The minimum Gasteiger partial charge on any atom is -0.344 e. The standard InChI is InChI=1S/C7H7O2P.H3N/c1-6-4-2-3-5-7(6)10(8)9;/h2-5H,1H3;1H3/p+1. The predicted molar refractivity (Wildman–Crippen MR) is 45.7 cm³/mol. The fourth-order valence-corrected chi connectivity index (χ4v) is 1.37. The van der Waals surface area contributed by atoms with Crippen LogP contribution in [-0.4, -0.2) is 4.89 Å². The van der Waals surface area contributed by atoms with Crippen LogP contribution in [0.2, 0.25) is 0 Å². The van der Waals surface area contributed by atoms with Crippen LogP contribution in [-0.2, 0) is 4.57 Å². The second-order valence-corrected chi connectivity index (χ2v) is 3.09. The van der Waals surface area contributed by atoms with Crippen molar-refractivity contribution < 1.29 is 9.46 Å². The van der Waals surface area contributed by atoms with Crippen molar-refractivity contribution >= 4 is 13.3 Å². The molecular weight excluding hydrogens is 161 g/mol. The van der Waals surface area contributed by atoms with Crippen molar-refractivity contribution in [2.45, 2.75) is 6.92 Å². The van der Waals surface area contributed by atoms with Crippen LogP contribution in [0.1, 0.15) is 5.56 Å². The van der Waals surface area contributed by atoms with E-state index in [4.69, 9.17) is 4.89 Å². The molecule has 11 heavy (non-hydrogen) atoms. The smallest absolute Gasteiger partial charge is 0.344 e. The number of hydrogen-bond donors (Lipinski definition) is 2. The van der Waals surface area contributed by atoms with E-state index < -0.39 is 8.03 Å². The van der Waals surface area contributed by atoms with Crippen molar-refractivity contribution in [1.29, 1.82) is 0 Å². The maximum atomic E-state index is 10.6. The van der Waals surface area contributed by atoms with Crippen molar-refractivity contribution in [2.75, 3.05) is 0 Å². The van der Waals surface area contributed by atoms with Gasteiger partial charge in [0.2, 0.25) is 5.30 Å². The largest absolute Gasteiger partial charge is 0.546 e. The average Bonchev–Trinajstić information content (AvgIpc) is 1.88. The molecule has 60 valence electrons. The molecule has 1 atom stereocenters. The quantitative estimate of drug-likeness (QED) is 0.630. The van der Waals surface area contributed by atoms with Crippen molar-refractivity contribution in [2.24, 2.45) is 0 Å². The third kappa shape index (κ3) is 2.39. The summed E-state index contributed by atoms with van der Waals surface area (Å²) in [4.78, 5) is 8.71. The Balaban J connectivity index is 0.000001000. The van der Waals surface area contributed by atoms with Crippen LogP contribution in [0, 0.1) is 6.92 Å². The van der Waals surface area contributed by atoms with Crippen molar-refractivity contribution in [3.63, 3.8) is 0 Å². The average molecular weight is 172 g/mol. The summed E-state index contributed by atoms with van der Waals surface area (Å²) in [5, 5.41) is 0.525. The van der Waals surface area contributed by atoms with E-state index in [1.54, 1.807) is 12.1 Å². The summed E-state index contributed by atoms with van der Waals surface area (Å²) >= 11 is 0. The van der Waals surface area contributed by atoms with Gasteiger partial charge >= 0.3 is 8.03 Å². The van der Waals surface area contributed by atoms with Gasteiger partial charge in [0.15, 0.2) is 0 Å². The summed E-state index contributed by atoms with van der Waals surface area (Å²) in [6.07, 6.45) is 0. The van der Waals surface area contributed by atoms with Gasteiger partial charge in [0.1, 0.15) is 0 Å².